The van der Waals surface area contributed by atoms with E-state index in [0.29, 0.717) is 0 Å². The standard InChI is InChI=1S/C12H15ClN2O3/c1-7(2)10(12(17)18-3)15-11(16)8-6-14-5-4-9(8)13/h4-7,10H,1-3H3,(H,15,16). The van der Waals surface area contributed by atoms with Gasteiger partial charge in [-0.2, -0.15) is 0 Å². The SMILES string of the molecule is COC(=O)C(NC(=O)c1cnccc1Cl)C(C)C. The summed E-state index contributed by atoms with van der Waals surface area (Å²) in [4.78, 5) is 27.3. The summed E-state index contributed by atoms with van der Waals surface area (Å²) < 4.78 is 4.64. The minimum Gasteiger partial charge on any atom is -0.467 e. The van der Waals surface area contributed by atoms with E-state index in [4.69, 9.17) is 11.6 Å². The lowest BCUT2D eigenvalue weighted by Gasteiger charge is -2.19. The summed E-state index contributed by atoms with van der Waals surface area (Å²) in [5.41, 5.74) is 0.230. The molecule has 1 rings (SSSR count). The zero-order chi connectivity index (χ0) is 13.7. The predicted molar refractivity (Wildman–Crippen MR) is 67.4 cm³/mol. The molecule has 0 aliphatic rings. The molecule has 18 heavy (non-hydrogen) atoms. The number of esters is 1. The van der Waals surface area contributed by atoms with Crippen LogP contribution in [0.1, 0.15) is 24.2 Å². The number of carbonyl (C=O) groups is 2. The first kappa shape index (κ1) is 14.4. The molecule has 1 unspecified atom stereocenters. The largest absolute Gasteiger partial charge is 0.467 e. The van der Waals surface area contributed by atoms with E-state index in [0.717, 1.165) is 0 Å². The molecule has 0 fully saturated rings. The molecule has 0 radical (unpaired) electrons. The molecular formula is C12H15ClN2O3. The number of hydrogen-bond donors (Lipinski definition) is 1. The van der Waals surface area contributed by atoms with Crippen molar-refractivity contribution in [2.24, 2.45) is 5.92 Å². The number of ether oxygens (including phenoxy) is 1. The van der Waals surface area contributed by atoms with Crippen LogP contribution in [-0.2, 0) is 9.53 Å². The van der Waals surface area contributed by atoms with Gasteiger partial charge < -0.3 is 10.1 Å². The normalized spacial score (nSPS) is 12.1. The van der Waals surface area contributed by atoms with E-state index in [1.165, 1.54) is 25.6 Å². The van der Waals surface area contributed by atoms with Gasteiger partial charge in [0.2, 0.25) is 0 Å². The van der Waals surface area contributed by atoms with Gasteiger partial charge >= 0.3 is 5.97 Å². The second kappa shape index (κ2) is 6.35. The molecule has 0 bridgehead atoms. The number of rotatable bonds is 4. The average Bonchev–Trinajstić information content (AvgIpc) is 2.35. The summed E-state index contributed by atoms with van der Waals surface area (Å²) in [5, 5.41) is 2.87. The Bertz CT molecular complexity index is 449. The summed E-state index contributed by atoms with van der Waals surface area (Å²) in [6.45, 7) is 3.62. The number of hydrogen-bond acceptors (Lipinski definition) is 4. The van der Waals surface area contributed by atoms with Crippen LogP contribution >= 0.6 is 11.6 Å². The number of amides is 1. The van der Waals surface area contributed by atoms with Crippen LogP contribution in [0.2, 0.25) is 5.02 Å². The molecule has 98 valence electrons. The maximum atomic E-state index is 12.0. The van der Waals surface area contributed by atoms with Gasteiger partial charge in [-0.1, -0.05) is 25.4 Å². The third-order valence-corrected chi connectivity index (χ3v) is 2.75. The highest BCUT2D eigenvalue weighted by Gasteiger charge is 2.26. The van der Waals surface area contributed by atoms with Crippen LogP contribution in [0.15, 0.2) is 18.5 Å². The average molecular weight is 271 g/mol. The number of halogens is 1. The van der Waals surface area contributed by atoms with E-state index >= 15 is 0 Å². The summed E-state index contributed by atoms with van der Waals surface area (Å²) in [7, 11) is 1.28. The monoisotopic (exact) mass is 270 g/mol. The fraction of sp³-hybridized carbons (Fsp3) is 0.417. The first-order valence-corrected chi connectivity index (χ1v) is 5.83. The van der Waals surface area contributed by atoms with Crippen molar-refractivity contribution in [3.05, 3.63) is 29.0 Å². The topological polar surface area (TPSA) is 68.3 Å². The Kier molecular flexibility index (Phi) is 5.09. The van der Waals surface area contributed by atoms with Crippen LogP contribution in [0.5, 0.6) is 0 Å². The van der Waals surface area contributed by atoms with Crippen molar-refractivity contribution >= 4 is 23.5 Å². The number of nitrogens with zero attached hydrogens (tertiary/aromatic N) is 1. The first-order valence-electron chi connectivity index (χ1n) is 5.45. The molecule has 6 heteroatoms. The molecule has 1 N–H and O–H groups in total. The van der Waals surface area contributed by atoms with Crippen molar-refractivity contribution in [2.45, 2.75) is 19.9 Å². The van der Waals surface area contributed by atoms with Gasteiger partial charge in [-0.25, -0.2) is 4.79 Å². The van der Waals surface area contributed by atoms with Gasteiger partial charge in [-0.05, 0) is 12.0 Å². The highest BCUT2D eigenvalue weighted by molar-refractivity contribution is 6.33. The van der Waals surface area contributed by atoms with E-state index < -0.39 is 17.9 Å². The molecule has 0 aromatic carbocycles. The van der Waals surface area contributed by atoms with E-state index in [1.54, 1.807) is 0 Å². The third-order valence-electron chi connectivity index (χ3n) is 2.42. The summed E-state index contributed by atoms with van der Waals surface area (Å²) in [6.07, 6.45) is 2.84. The third kappa shape index (κ3) is 3.43. The molecule has 5 nitrogen and oxygen atoms in total. The van der Waals surface area contributed by atoms with E-state index in [9.17, 15) is 9.59 Å². The van der Waals surface area contributed by atoms with E-state index in [2.05, 4.69) is 15.0 Å². The Morgan fingerprint density at radius 1 is 1.44 bits per heavy atom. The molecule has 1 heterocycles. The Hall–Kier alpha value is -1.62. The van der Waals surface area contributed by atoms with Crippen LogP contribution in [0, 0.1) is 5.92 Å². The number of pyridine rings is 1. The van der Waals surface area contributed by atoms with Crippen molar-refractivity contribution in [1.29, 1.82) is 0 Å². The van der Waals surface area contributed by atoms with Crippen LogP contribution in [0.4, 0.5) is 0 Å². The maximum Gasteiger partial charge on any atom is 0.328 e. The van der Waals surface area contributed by atoms with Crippen LogP contribution < -0.4 is 5.32 Å². The van der Waals surface area contributed by atoms with Crippen molar-refractivity contribution in [3.63, 3.8) is 0 Å². The second-order valence-electron chi connectivity index (χ2n) is 4.07. The predicted octanol–water partition coefficient (Wildman–Crippen LogP) is 1.66. The molecule has 1 aromatic heterocycles. The molecular weight excluding hydrogens is 256 g/mol. The van der Waals surface area contributed by atoms with E-state index in [1.807, 2.05) is 13.8 Å². The second-order valence-corrected chi connectivity index (χ2v) is 4.48. The number of carbonyl (C=O) groups excluding carboxylic acids is 2. The molecule has 0 saturated heterocycles. The molecule has 1 aromatic rings. The molecule has 1 amide bonds. The number of nitrogens with one attached hydrogen (secondary N) is 1. The zero-order valence-corrected chi connectivity index (χ0v) is 11.2. The highest BCUT2D eigenvalue weighted by Crippen LogP contribution is 2.14. The lowest BCUT2D eigenvalue weighted by Crippen LogP contribution is -2.45. The lowest BCUT2D eigenvalue weighted by molar-refractivity contribution is -0.144. The minimum absolute atomic E-state index is 0.0863. The van der Waals surface area contributed by atoms with Crippen molar-refractivity contribution in [2.75, 3.05) is 7.11 Å². The van der Waals surface area contributed by atoms with Crippen LogP contribution in [0.3, 0.4) is 0 Å². The highest BCUT2D eigenvalue weighted by atomic mass is 35.5. The van der Waals surface area contributed by atoms with Gasteiger partial charge in [0.1, 0.15) is 6.04 Å². The van der Waals surface area contributed by atoms with Gasteiger partial charge in [-0.3, -0.25) is 9.78 Å². The quantitative estimate of drug-likeness (QED) is 0.845. The van der Waals surface area contributed by atoms with Gasteiger partial charge in [0, 0.05) is 12.4 Å². The summed E-state index contributed by atoms with van der Waals surface area (Å²) in [5.74, 6) is -1.02. The maximum absolute atomic E-state index is 12.0. The van der Waals surface area contributed by atoms with Crippen molar-refractivity contribution < 1.29 is 14.3 Å². The molecule has 0 aliphatic heterocycles. The van der Waals surface area contributed by atoms with Crippen LogP contribution in [-0.4, -0.2) is 30.0 Å². The molecule has 0 saturated carbocycles. The Labute approximate surface area is 110 Å². The van der Waals surface area contributed by atoms with Gasteiger partial charge in [0.05, 0.1) is 17.7 Å². The fourth-order valence-corrected chi connectivity index (χ4v) is 1.58. The zero-order valence-electron chi connectivity index (χ0n) is 10.4. The first-order chi connectivity index (χ1) is 8.47. The van der Waals surface area contributed by atoms with Gasteiger partial charge in [-0.15, -0.1) is 0 Å². The Morgan fingerprint density at radius 2 is 2.11 bits per heavy atom. The van der Waals surface area contributed by atoms with Crippen molar-refractivity contribution in [1.82, 2.24) is 10.3 Å². The van der Waals surface area contributed by atoms with Crippen LogP contribution in [0.25, 0.3) is 0 Å². The Morgan fingerprint density at radius 3 is 2.61 bits per heavy atom. The van der Waals surface area contributed by atoms with Gasteiger partial charge in [0.15, 0.2) is 0 Å². The smallest absolute Gasteiger partial charge is 0.328 e. The fourth-order valence-electron chi connectivity index (χ4n) is 1.39. The number of methoxy groups -OCH3 is 1. The van der Waals surface area contributed by atoms with E-state index in [-0.39, 0.29) is 16.5 Å². The minimum atomic E-state index is -0.709. The lowest BCUT2D eigenvalue weighted by atomic mass is 10.0. The molecule has 0 aliphatic carbocycles. The number of aromatic nitrogens is 1. The summed E-state index contributed by atoms with van der Waals surface area (Å²) in [6, 6.07) is 0.803. The van der Waals surface area contributed by atoms with Crippen molar-refractivity contribution in [3.8, 4) is 0 Å². The molecule has 0 spiro atoms. The summed E-state index contributed by atoms with van der Waals surface area (Å²) >= 11 is 5.88. The molecule has 1 atom stereocenters. The Balaban J connectivity index is 2.86. The van der Waals surface area contributed by atoms with Gasteiger partial charge in [0.25, 0.3) is 5.91 Å².